The molecule has 2 aromatic rings. The Labute approximate surface area is 181 Å². The minimum Gasteiger partial charge on any atom is -0.497 e. The highest BCUT2D eigenvalue weighted by molar-refractivity contribution is 6.31. The Morgan fingerprint density at radius 1 is 1.27 bits per heavy atom. The summed E-state index contributed by atoms with van der Waals surface area (Å²) >= 11 is 6.26. The summed E-state index contributed by atoms with van der Waals surface area (Å²) in [6, 6.07) is 12.5. The van der Waals surface area contributed by atoms with Crippen molar-refractivity contribution in [3.05, 3.63) is 53.1 Å². The van der Waals surface area contributed by atoms with Gasteiger partial charge in [0.1, 0.15) is 11.3 Å². The summed E-state index contributed by atoms with van der Waals surface area (Å²) in [6.45, 7) is 4.28. The fourth-order valence-electron chi connectivity index (χ4n) is 4.66. The van der Waals surface area contributed by atoms with E-state index >= 15 is 0 Å². The van der Waals surface area contributed by atoms with Crippen molar-refractivity contribution in [1.82, 2.24) is 5.32 Å². The van der Waals surface area contributed by atoms with Gasteiger partial charge in [-0.3, -0.25) is 14.9 Å². The van der Waals surface area contributed by atoms with Gasteiger partial charge in [-0.05, 0) is 61.2 Å². The first-order valence-electron chi connectivity index (χ1n) is 10.2. The highest BCUT2D eigenvalue weighted by atomic mass is 35.5. The van der Waals surface area contributed by atoms with Crippen molar-refractivity contribution in [2.24, 2.45) is 11.8 Å². The summed E-state index contributed by atoms with van der Waals surface area (Å²) in [5, 5.41) is 9.97. The summed E-state index contributed by atoms with van der Waals surface area (Å²) in [5.74, 6) is 0.180. The number of carbonyl (C=O) groups is 2. The van der Waals surface area contributed by atoms with Gasteiger partial charge in [-0.15, -0.1) is 0 Å². The van der Waals surface area contributed by atoms with Crippen LogP contribution in [0.1, 0.15) is 32.3 Å². The molecule has 158 valence electrons. The number of nitrogens with one attached hydrogen (secondary N) is 3. The molecular formula is C23H26ClN3O3. The van der Waals surface area contributed by atoms with Crippen molar-refractivity contribution in [3.63, 3.8) is 0 Å². The summed E-state index contributed by atoms with van der Waals surface area (Å²) in [6.07, 6.45) is 1.44. The normalized spacial score (nSPS) is 24.8. The fourth-order valence-corrected chi connectivity index (χ4v) is 4.83. The SMILES string of the molecule is COc1ccc(NC(=O)C2CC(CC(C)C)NC23C(=O)Nc2ccc(Cl)cc23)cc1. The number of anilines is 2. The zero-order valence-electron chi connectivity index (χ0n) is 17.3. The van der Waals surface area contributed by atoms with Gasteiger partial charge in [0.05, 0.1) is 13.0 Å². The van der Waals surface area contributed by atoms with E-state index in [0.717, 1.165) is 12.0 Å². The molecule has 4 rings (SSSR count). The predicted octanol–water partition coefficient (Wildman–Crippen LogP) is 4.16. The van der Waals surface area contributed by atoms with Gasteiger partial charge >= 0.3 is 0 Å². The molecule has 2 aliphatic rings. The Hall–Kier alpha value is -2.57. The molecule has 7 heteroatoms. The Kier molecular flexibility index (Phi) is 5.47. The number of halogens is 1. The second-order valence-electron chi connectivity index (χ2n) is 8.43. The van der Waals surface area contributed by atoms with Crippen LogP contribution in [-0.4, -0.2) is 25.0 Å². The van der Waals surface area contributed by atoms with Crippen LogP contribution in [0.15, 0.2) is 42.5 Å². The van der Waals surface area contributed by atoms with Gasteiger partial charge < -0.3 is 15.4 Å². The van der Waals surface area contributed by atoms with Crippen LogP contribution in [0.3, 0.4) is 0 Å². The molecule has 3 N–H and O–H groups in total. The molecule has 0 bridgehead atoms. The first-order valence-corrected chi connectivity index (χ1v) is 10.6. The lowest BCUT2D eigenvalue weighted by molar-refractivity contribution is -0.130. The van der Waals surface area contributed by atoms with Crippen molar-refractivity contribution in [2.45, 2.75) is 38.3 Å². The molecule has 2 heterocycles. The van der Waals surface area contributed by atoms with Gasteiger partial charge in [0, 0.05) is 28.0 Å². The van der Waals surface area contributed by atoms with Gasteiger partial charge in [-0.25, -0.2) is 0 Å². The van der Waals surface area contributed by atoms with Crippen LogP contribution in [0.2, 0.25) is 5.02 Å². The molecule has 0 radical (unpaired) electrons. The second kappa shape index (κ2) is 7.93. The largest absolute Gasteiger partial charge is 0.497 e. The van der Waals surface area contributed by atoms with Gasteiger partial charge in [0.15, 0.2) is 0 Å². The van der Waals surface area contributed by atoms with Gasteiger partial charge in [-0.1, -0.05) is 25.4 Å². The number of hydrogen-bond donors (Lipinski definition) is 3. The maximum Gasteiger partial charge on any atom is 0.250 e. The maximum atomic E-state index is 13.4. The van der Waals surface area contributed by atoms with Crippen LogP contribution >= 0.6 is 11.6 Å². The highest BCUT2D eigenvalue weighted by Gasteiger charge is 2.60. The molecule has 6 nitrogen and oxygen atoms in total. The molecule has 3 atom stereocenters. The third-order valence-electron chi connectivity index (χ3n) is 5.92. The van der Waals surface area contributed by atoms with Gasteiger partial charge in [0.25, 0.3) is 0 Å². The van der Waals surface area contributed by atoms with E-state index in [0.29, 0.717) is 34.5 Å². The lowest BCUT2D eigenvalue weighted by Gasteiger charge is -2.29. The number of hydrogen-bond acceptors (Lipinski definition) is 4. The monoisotopic (exact) mass is 427 g/mol. The third-order valence-corrected chi connectivity index (χ3v) is 6.15. The first-order chi connectivity index (χ1) is 14.3. The quantitative estimate of drug-likeness (QED) is 0.669. The van der Waals surface area contributed by atoms with Crippen LogP contribution in [0.5, 0.6) is 5.75 Å². The number of ether oxygens (including phenoxy) is 1. The third kappa shape index (κ3) is 3.55. The minimum absolute atomic E-state index is 0.0484. The van der Waals surface area contributed by atoms with Crippen molar-refractivity contribution in [3.8, 4) is 5.75 Å². The number of amides is 2. The molecule has 1 saturated heterocycles. The Morgan fingerprint density at radius 2 is 2.00 bits per heavy atom. The van der Waals surface area contributed by atoms with Crippen LogP contribution in [0.25, 0.3) is 0 Å². The van der Waals surface area contributed by atoms with Gasteiger partial charge in [0.2, 0.25) is 11.8 Å². The molecule has 30 heavy (non-hydrogen) atoms. The molecule has 3 unspecified atom stereocenters. The van der Waals surface area contributed by atoms with Crippen LogP contribution < -0.4 is 20.7 Å². The van der Waals surface area contributed by atoms with Crippen LogP contribution in [0, 0.1) is 11.8 Å². The molecular weight excluding hydrogens is 402 g/mol. The molecule has 0 saturated carbocycles. The van der Waals surface area contributed by atoms with Crippen molar-refractivity contribution >= 4 is 34.8 Å². The van der Waals surface area contributed by atoms with E-state index in [1.165, 1.54) is 0 Å². The van der Waals surface area contributed by atoms with E-state index < -0.39 is 11.5 Å². The van der Waals surface area contributed by atoms with E-state index in [4.69, 9.17) is 16.3 Å². The lowest BCUT2D eigenvalue weighted by Crippen LogP contribution is -2.52. The maximum absolute atomic E-state index is 13.4. The van der Waals surface area contributed by atoms with Crippen molar-refractivity contribution in [1.29, 1.82) is 0 Å². The van der Waals surface area contributed by atoms with Crippen LogP contribution in [-0.2, 0) is 15.1 Å². The zero-order valence-corrected chi connectivity index (χ0v) is 18.0. The fraction of sp³-hybridized carbons (Fsp3) is 0.391. The molecule has 0 aliphatic carbocycles. The molecule has 2 amide bonds. The molecule has 2 aliphatic heterocycles. The molecule has 1 spiro atoms. The predicted molar refractivity (Wildman–Crippen MR) is 118 cm³/mol. The van der Waals surface area contributed by atoms with E-state index in [1.54, 1.807) is 49.6 Å². The van der Waals surface area contributed by atoms with Gasteiger partial charge in [-0.2, -0.15) is 0 Å². The highest BCUT2D eigenvalue weighted by Crippen LogP contribution is 2.48. The summed E-state index contributed by atoms with van der Waals surface area (Å²) in [4.78, 5) is 26.6. The second-order valence-corrected chi connectivity index (χ2v) is 8.87. The average Bonchev–Trinajstić information content (AvgIpc) is 3.21. The van der Waals surface area contributed by atoms with Crippen molar-refractivity contribution < 1.29 is 14.3 Å². The Morgan fingerprint density at radius 3 is 2.67 bits per heavy atom. The summed E-state index contributed by atoms with van der Waals surface area (Å²) < 4.78 is 5.18. The van der Waals surface area contributed by atoms with Crippen molar-refractivity contribution in [2.75, 3.05) is 17.7 Å². The lowest BCUT2D eigenvalue weighted by atomic mass is 9.79. The average molecular weight is 428 g/mol. The first kappa shape index (κ1) is 20.7. The number of methoxy groups -OCH3 is 1. The molecule has 2 aromatic carbocycles. The van der Waals surface area contributed by atoms with E-state index in [-0.39, 0.29) is 17.9 Å². The summed E-state index contributed by atoms with van der Waals surface area (Å²) in [7, 11) is 1.59. The minimum atomic E-state index is -1.13. The molecule has 1 fully saturated rings. The zero-order chi connectivity index (χ0) is 21.5. The van der Waals surface area contributed by atoms with E-state index in [9.17, 15) is 9.59 Å². The molecule has 0 aromatic heterocycles. The standard InChI is InChI=1S/C23H26ClN3O3/c1-13(2)10-16-12-19(21(28)25-15-5-7-17(30-3)8-6-15)23(27-16)18-11-14(24)4-9-20(18)26-22(23)29/h4-9,11,13,16,19,27H,10,12H2,1-3H3,(H,25,28)(H,26,29). The number of fused-ring (bicyclic) bond motifs is 2. The number of benzene rings is 2. The topological polar surface area (TPSA) is 79.5 Å². The van der Waals surface area contributed by atoms with Crippen LogP contribution in [0.4, 0.5) is 11.4 Å². The number of carbonyl (C=O) groups excluding carboxylic acids is 2. The smallest absolute Gasteiger partial charge is 0.250 e. The summed E-state index contributed by atoms with van der Waals surface area (Å²) in [5.41, 5.74) is 0.967. The Bertz CT molecular complexity index is 976. The van der Waals surface area contributed by atoms with E-state index in [2.05, 4.69) is 29.8 Å². The number of rotatable bonds is 5. The Balaban J connectivity index is 1.69. The van der Waals surface area contributed by atoms with E-state index in [1.807, 2.05) is 0 Å².